The van der Waals surface area contributed by atoms with Gasteiger partial charge in [-0.1, -0.05) is 129 Å². The van der Waals surface area contributed by atoms with Gasteiger partial charge in [-0.25, -0.2) is 13.2 Å². The number of ether oxygens (including phenoxy) is 1. The van der Waals surface area contributed by atoms with Gasteiger partial charge < -0.3 is 22.7 Å². The second-order valence-electron chi connectivity index (χ2n) is 12.1. The van der Waals surface area contributed by atoms with Gasteiger partial charge in [0.1, 0.15) is 11.4 Å². The fourth-order valence-electron chi connectivity index (χ4n) is 4.91. The quantitative estimate of drug-likeness (QED) is 0.0321. The third-order valence-corrected chi connectivity index (χ3v) is 7.81. The second kappa shape index (κ2) is 32.3. The number of hydrogen-bond donors (Lipinski definition) is 3. The molecule has 0 radical (unpaired) electrons. The van der Waals surface area contributed by atoms with Crippen LogP contribution < -0.4 is 45.8 Å². The fraction of sp³-hybridized carbons (Fsp3) is 0.667. The van der Waals surface area contributed by atoms with Gasteiger partial charge in [0, 0.05) is 18.7 Å². The van der Waals surface area contributed by atoms with Crippen molar-refractivity contribution in [2.75, 3.05) is 24.7 Å². The van der Waals surface area contributed by atoms with E-state index in [0.29, 0.717) is 25.3 Å². The number of hydrogen-bond acceptors (Lipinski definition) is 8. The molecule has 0 spiro atoms. The molecule has 2 aromatic rings. The molecule has 0 aliphatic heterocycles. The van der Waals surface area contributed by atoms with Gasteiger partial charge in [-0.3, -0.25) is 20.2 Å². The molecule has 0 aliphatic rings. The van der Waals surface area contributed by atoms with Crippen LogP contribution in [0, 0.1) is 37.7 Å². The Morgan fingerprint density at radius 3 is 1.34 bits per heavy atom. The van der Waals surface area contributed by atoms with Crippen molar-refractivity contribution in [2.24, 2.45) is 0 Å². The third kappa shape index (κ3) is 24.5. The number of nitrogen functional groups attached to an aromatic ring is 2. The Labute approximate surface area is 320 Å². The van der Waals surface area contributed by atoms with E-state index in [0.717, 1.165) is 31.7 Å². The van der Waals surface area contributed by atoms with E-state index in [1.54, 1.807) is 0 Å². The Balaban J connectivity index is -0.000000726. The van der Waals surface area contributed by atoms with Crippen LogP contribution in [0.5, 0.6) is 5.75 Å². The van der Waals surface area contributed by atoms with Gasteiger partial charge in [0.25, 0.3) is 11.4 Å². The van der Waals surface area contributed by atoms with Crippen molar-refractivity contribution in [1.82, 2.24) is 0 Å². The van der Waals surface area contributed by atoms with E-state index in [1.165, 1.54) is 109 Å². The zero-order valence-corrected chi connectivity index (χ0v) is 32.5. The maximum Gasteiger partial charge on any atom is 1.00 e. The first kappa shape index (κ1) is 49.5. The summed E-state index contributed by atoms with van der Waals surface area (Å²) in [4.78, 5) is 19.2. The Morgan fingerprint density at radius 1 is 0.600 bits per heavy atom. The number of aliphatic hydroxyl groups is 1. The van der Waals surface area contributed by atoms with Gasteiger partial charge in [-0.2, -0.15) is 0 Å². The Bertz CT molecular complexity index is 1190. The Morgan fingerprint density at radius 2 is 0.940 bits per heavy atom. The van der Waals surface area contributed by atoms with Crippen LogP contribution in [-0.2, 0) is 0 Å². The van der Waals surface area contributed by atoms with Crippen LogP contribution in [0.4, 0.5) is 35.9 Å². The fourth-order valence-corrected chi connectivity index (χ4v) is 4.91. The zero-order chi connectivity index (χ0) is 36.9. The molecule has 0 aromatic heterocycles. The standard InChI is InChI=1S/C18H29FN2O3.C12H26O.C6H4F2N2O2.Na.H/c1-2-3-4-5-6-7-8-9-10-11-12-24-18-14-16(20)17(21(22)23)13-15(18)19;1-2-3-4-5-6-7-8-9-10-11-12-13;7-3-1-5(9)6(10(11)12)2-4(3)8;;/h13-14H,2-12,20H2,1H3;13H,2-12H2,1H3;1-2H,9H2;;/q;;;+1;-1. The van der Waals surface area contributed by atoms with Crippen LogP contribution in [0.15, 0.2) is 24.3 Å². The maximum atomic E-state index is 13.7. The summed E-state index contributed by atoms with van der Waals surface area (Å²) in [5.74, 6) is -3.24. The van der Waals surface area contributed by atoms with E-state index >= 15 is 0 Å². The monoisotopic (exact) mass is 724 g/mol. The second-order valence-corrected chi connectivity index (χ2v) is 12.1. The molecule has 2 rings (SSSR count). The molecular weight excluding hydrogens is 664 g/mol. The van der Waals surface area contributed by atoms with Gasteiger partial charge >= 0.3 is 29.6 Å². The zero-order valence-electron chi connectivity index (χ0n) is 31.5. The topological polar surface area (TPSA) is 168 Å². The van der Waals surface area contributed by atoms with Crippen molar-refractivity contribution in [1.29, 1.82) is 0 Å². The molecule has 0 amide bonds. The number of unbranched alkanes of at least 4 members (excludes halogenated alkanes) is 18. The summed E-state index contributed by atoms with van der Waals surface area (Å²) in [6, 6.07) is 3.02. The van der Waals surface area contributed by atoms with Gasteiger partial charge in [0.05, 0.1) is 28.6 Å². The van der Waals surface area contributed by atoms with Crippen LogP contribution in [0.1, 0.15) is 144 Å². The molecule has 0 aliphatic carbocycles. The number of aliphatic hydroxyl groups excluding tert-OH is 1. The molecule has 0 bridgehead atoms. The molecule has 0 fully saturated rings. The van der Waals surface area contributed by atoms with Gasteiger partial charge in [-0.05, 0) is 12.8 Å². The molecule has 0 saturated carbocycles. The molecule has 0 saturated heterocycles. The predicted octanol–water partition coefficient (Wildman–Crippen LogP) is 8.09. The van der Waals surface area contributed by atoms with Crippen molar-refractivity contribution in [2.45, 2.75) is 142 Å². The summed E-state index contributed by atoms with van der Waals surface area (Å²) < 4.78 is 43.8. The summed E-state index contributed by atoms with van der Waals surface area (Å²) in [7, 11) is 0. The predicted molar refractivity (Wildman–Crippen MR) is 192 cm³/mol. The van der Waals surface area contributed by atoms with Crippen LogP contribution in [-0.4, -0.2) is 28.2 Å². The molecule has 14 heteroatoms. The molecule has 50 heavy (non-hydrogen) atoms. The van der Waals surface area contributed by atoms with Crippen molar-refractivity contribution in [3.63, 3.8) is 0 Å². The Hall–Kier alpha value is -2.61. The van der Waals surface area contributed by atoms with E-state index in [1.807, 2.05) is 0 Å². The molecule has 2 aromatic carbocycles. The number of anilines is 2. The Kier molecular flexibility index (Phi) is 32.0. The number of nitrogens with zero attached hydrogens (tertiary/aromatic N) is 2. The van der Waals surface area contributed by atoms with Crippen LogP contribution >= 0.6 is 0 Å². The average Bonchev–Trinajstić information content (AvgIpc) is 3.06. The summed E-state index contributed by atoms with van der Waals surface area (Å²) in [5, 5.41) is 29.4. The normalized spacial score (nSPS) is 10.3. The first-order valence-corrected chi connectivity index (χ1v) is 17.9. The van der Waals surface area contributed by atoms with Crippen molar-refractivity contribution >= 4 is 22.7 Å². The smallest absolute Gasteiger partial charge is 1.00 e. The molecule has 0 atom stereocenters. The SMILES string of the molecule is CCCCCCCCCCCCO.CCCCCCCCCCCCOc1cc(N)c([N+](=O)[O-])cc1F.Nc1cc(F)c(F)cc1[N+](=O)[O-].[H-].[Na+]. The molecular formula is C36H60F3N4NaO6. The van der Waals surface area contributed by atoms with Crippen molar-refractivity contribution in [3.8, 4) is 5.75 Å². The van der Waals surface area contributed by atoms with Gasteiger partial charge in [0.15, 0.2) is 23.2 Å². The largest absolute Gasteiger partial charge is 1.00 e. The van der Waals surface area contributed by atoms with Gasteiger partial charge in [0.2, 0.25) is 0 Å². The first-order chi connectivity index (χ1) is 23.5. The van der Waals surface area contributed by atoms with Crippen molar-refractivity contribution < 1.29 is 63.8 Å². The van der Waals surface area contributed by atoms with Crippen LogP contribution in [0.25, 0.3) is 0 Å². The minimum atomic E-state index is -1.28. The maximum absolute atomic E-state index is 13.7. The number of benzene rings is 2. The number of nitro groups is 2. The molecule has 0 unspecified atom stereocenters. The molecule has 282 valence electrons. The number of nitrogens with two attached hydrogens (primary N) is 2. The van der Waals surface area contributed by atoms with E-state index in [2.05, 4.69) is 13.8 Å². The minimum Gasteiger partial charge on any atom is -1.00 e. The third-order valence-electron chi connectivity index (χ3n) is 7.81. The molecule has 10 nitrogen and oxygen atoms in total. The van der Waals surface area contributed by atoms with E-state index in [9.17, 15) is 33.4 Å². The molecule has 0 heterocycles. The number of halogens is 3. The van der Waals surface area contributed by atoms with Crippen LogP contribution in [0.2, 0.25) is 0 Å². The van der Waals surface area contributed by atoms with Crippen molar-refractivity contribution in [3.05, 3.63) is 61.9 Å². The van der Waals surface area contributed by atoms with E-state index in [-0.39, 0.29) is 48.1 Å². The van der Waals surface area contributed by atoms with Crippen LogP contribution in [0.3, 0.4) is 0 Å². The average molecular weight is 725 g/mol. The van der Waals surface area contributed by atoms with E-state index < -0.39 is 38.7 Å². The first-order valence-electron chi connectivity index (χ1n) is 17.9. The summed E-state index contributed by atoms with van der Waals surface area (Å²) >= 11 is 0. The molecule has 5 N–H and O–H groups in total. The summed E-state index contributed by atoms with van der Waals surface area (Å²) in [6.45, 7) is 5.25. The summed E-state index contributed by atoms with van der Waals surface area (Å²) in [6.07, 6.45) is 25.4. The van der Waals surface area contributed by atoms with E-state index in [4.69, 9.17) is 21.3 Å². The van der Waals surface area contributed by atoms with Gasteiger partial charge in [-0.15, -0.1) is 0 Å². The minimum absolute atomic E-state index is 0. The number of rotatable bonds is 24. The summed E-state index contributed by atoms with van der Waals surface area (Å²) in [5.41, 5.74) is 9.04. The number of nitro benzene ring substituents is 2.